The zero-order valence-corrected chi connectivity index (χ0v) is 18.9. The molecule has 1 N–H and O–H groups in total. The van der Waals surface area contributed by atoms with Gasteiger partial charge >= 0.3 is 10.1 Å². The van der Waals surface area contributed by atoms with Crippen molar-refractivity contribution in [2.24, 2.45) is 0 Å². The molecule has 8 heteroatoms. The molecule has 0 saturated heterocycles. The van der Waals surface area contributed by atoms with Gasteiger partial charge in [0.1, 0.15) is 16.5 Å². The number of nitrogens with one attached hydrogen (secondary N) is 1. The van der Waals surface area contributed by atoms with Crippen LogP contribution in [0.5, 0.6) is 11.5 Å². The standard InChI is InChI=1S/C25H22N2O5S/c1-18-8-11-22(12-9-18)33(29,30)32-23-13-10-20(15-24(23)31-2)14-21(16-26)25(28)27-17-19-6-4-3-5-7-19/h3-15H,17H2,1-2H3,(H,27,28). The molecule has 0 unspecified atom stereocenters. The van der Waals surface area contributed by atoms with E-state index in [0.717, 1.165) is 11.1 Å². The van der Waals surface area contributed by atoms with Crippen molar-refractivity contribution in [3.8, 4) is 17.6 Å². The minimum Gasteiger partial charge on any atom is -0.493 e. The van der Waals surface area contributed by atoms with Crippen LogP contribution in [0.25, 0.3) is 6.08 Å². The van der Waals surface area contributed by atoms with E-state index in [0.29, 0.717) is 5.56 Å². The lowest BCUT2D eigenvalue weighted by molar-refractivity contribution is -0.117. The molecule has 0 radical (unpaired) electrons. The summed E-state index contributed by atoms with van der Waals surface area (Å²) in [5.41, 5.74) is 2.19. The zero-order chi connectivity index (χ0) is 23.8. The highest BCUT2D eigenvalue weighted by molar-refractivity contribution is 7.87. The number of carbonyl (C=O) groups excluding carboxylic acids is 1. The Bertz CT molecular complexity index is 1310. The predicted molar refractivity (Wildman–Crippen MR) is 124 cm³/mol. The fourth-order valence-electron chi connectivity index (χ4n) is 2.90. The third-order valence-electron chi connectivity index (χ3n) is 4.67. The summed E-state index contributed by atoms with van der Waals surface area (Å²) in [6, 6.07) is 21.9. The summed E-state index contributed by atoms with van der Waals surface area (Å²) in [5, 5.41) is 12.1. The number of benzene rings is 3. The molecular weight excluding hydrogens is 440 g/mol. The lowest BCUT2D eigenvalue weighted by Crippen LogP contribution is -2.23. The summed E-state index contributed by atoms with van der Waals surface area (Å²) in [4.78, 5) is 12.4. The van der Waals surface area contributed by atoms with Crippen molar-refractivity contribution in [1.82, 2.24) is 5.32 Å². The number of carbonyl (C=O) groups is 1. The van der Waals surface area contributed by atoms with Crippen molar-refractivity contribution in [3.05, 3.63) is 95.1 Å². The summed E-state index contributed by atoms with van der Waals surface area (Å²) in [7, 11) is -2.70. The molecule has 3 aromatic carbocycles. The molecule has 168 valence electrons. The lowest BCUT2D eigenvalue weighted by Gasteiger charge is -2.12. The predicted octanol–water partition coefficient (Wildman–Crippen LogP) is 3.99. The topological polar surface area (TPSA) is 105 Å². The van der Waals surface area contributed by atoms with Gasteiger partial charge in [0.05, 0.1) is 7.11 Å². The SMILES string of the molecule is COc1cc(C=C(C#N)C(=O)NCc2ccccc2)ccc1OS(=O)(=O)c1ccc(C)cc1. The molecule has 0 saturated carbocycles. The Hall–Kier alpha value is -4.09. The molecule has 3 rings (SSSR count). The lowest BCUT2D eigenvalue weighted by atomic mass is 10.1. The minimum absolute atomic E-state index is 0.0118. The van der Waals surface area contributed by atoms with E-state index >= 15 is 0 Å². The van der Waals surface area contributed by atoms with Crippen molar-refractivity contribution in [1.29, 1.82) is 5.26 Å². The number of ether oxygens (including phenoxy) is 1. The third-order valence-corrected chi connectivity index (χ3v) is 5.92. The van der Waals surface area contributed by atoms with Crippen LogP contribution in [0, 0.1) is 18.3 Å². The second kappa shape index (κ2) is 10.5. The van der Waals surface area contributed by atoms with Crippen LogP contribution in [-0.4, -0.2) is 21.4 Å². The van der Waals surface area contributed by atoms with Gasteiger partial charge < -0.3 is 14.2 Å². The largest absolute Gasteiger partial charge is 0.493 e. The van der Waals surface area contributed by atoms with Crippen LogP contribution in [0.1, 0.15) is 16.7 Å². The van der Waals surface area contributed by atoms with Gasteiger partial charge in [-0.2, -0.15) is 13.7 Å². The quantitative estimate of drug-likeness (QED) is 0.308. The molecule has 0 aliphatic rings. The van der Waals surface area contributed by atoms with Gasteiger partial charge in [0.25, 0.3) is 5.91 Å². The highest BCUT2D eigenvalue weighted by atomic mass is 32.2. The summed E-state index contributed by atoms with van der Waals surface area (Å²) in [6.07, 6.45) is 1.39. The van der Waals surface area contributed by atoms with Crippen molar-refractivity contribution in [3.63, 3.8) is 0 Å². The molecule has 0 atom stereocenters. The van der Waals surface area contributed by atoms with Crippen molar-refractivity contribution in [2.75, 3.05) is 7.11 Å². The molecule has 0 spiro atoms. The van der Waals surface area contributed by atoms with Crippen LogP contribution in [0.3, 0.4) is 0 Å². The molecule has 0 aliphatic heterocycles. The monoisotopic (exact) mass is 462 g/mol. The molecule has 0 aliphatic carbocycles. The van der Waals surface area contributed by atoms with E-state index in [4.69, 9.17) is 8.92 Å². The van der Waals surface area contributed by atoms with Crippen LogP contribution >= 0.6 is 0 Å². The van der Waals surface area contributed by atoms with Gasteiger partial charge in [-0.15, -0.1) is 0 Å². The molecule has 0 heterocycles. The summed E-state index contributed by atoms with van der Waals surface area (Å²) >= 11 is 0. The van der Waals surface area contributed by atoms with E-state index in [1.807, 2.05) is 43.3 Å². The first-order valence-corrected chi connectivity index (χ1v) is 11.4. The van der Waals surface area contributed by atoms with Crippen molar-refractivity contribution in [2.45, 2.75) is 18.4 Å². The number of amides is 1. The Kier molecular flexibility index (Phi) is 7.49. The van der Waals surface area contributed by atoms with Gasteiger partial charge in [0, 0.05) is 6.54 Å². The van der Waals surface area contributed by atoms with E-state index in [2.05, 4.69) is 5.32 Å². The van der Waals surface area contributed by atoms with Gasteiger partial charge in [-0.1, -0.05) is 54.1 Å². The maximum Gasteiger partial charge on any atom is 0.339 e. The highest BCUT2D eigenvalue weighted by Gasteiger charge is 2.19. The first-order valence-electron chi connectivity index (χ1n) is 9.95. The van der Waals surface area contributed by atoms with Gasteiger partial charge in [0.15, 0.2) is 11.5 Å². The molecule has 0 aromatic heterocycles. The van der Waals surface area contributed by atoms with Crippen LogP contribution in [0.4, 0.5) is 0 Å². The second-order valence-electron chi connectivity index (χ2n) is 7.10. The van der Waals surface area contributed by atoms with Gasteiger partial charge in [-0.25, -0.2) is 0 Å². The normalized spacial score (nSPS) is 11.4. The summed E-state index contributed by atoms with van der Waals surface area (Å²) in [6.45, 7) is 2.13. The second-order valence-corrected chi connectivity index (χ2v) is 8.65. The van der Waals surface area contributed by atoms with Gasteiger partial charge in [-0.05, 0) is 48.4 Å². The molecule has 7 nitrogen and oxygen atoms in total. The van der Waals surface area contributed by atoms with Crippen LogP contribution < -0.4 is 14.2 Å². The third kappa shape index (κ3) is 6.21. The zero-order valence-electron chi connectivity index (χ0n) is 18.1. The Morgan fingerprint density at radius 3 is 2.36 bits per heavy atom. The fourth-order valence-corrected chi connectivity index (χ4v) is 3.84. The van der Waals surface area contributed by atoms with Gasteiger partial charge in [-0.3, -0.25) is 4.79 Å². The summed E-state index contributed by atoms with van der Waals surface area (Å²) in [5.74, 6) is -0.397. The Morgan fingerprint density at radius 1 is 1.03 bits per heavy atom. The number of aryl methyl sites for hydroxylation is 1. The fraction of sp³-hybridized carbons (Fsp3) is 0.120. The Morgan fingerprint density at radius 2 is 1.73 bits per heavy atom. The first-order chi connectivity index (χ1) is 15.8. The number of rotatable bonds is 8. The van der Waals surface area contributed by atoms with Crippen LogP contribution in [0.2, 0.25) is 0 Å². The average Bonchev–Trinajstić information content (AvgIpc) is 2.82. The smallest absolute Gasteiger partial charge is 0.339 e. The number of nitrogens with zero attached hydrogens (tertiary/aromatic N) is 1. The van der Waals surface area contributed by atoms with Crippen LogP contribution in [0.15, 0.2) is 83.3 Å². The molecule has 33 heavy (non-hydrogen) atoms. The summed E-state index contributed by atoms with van der Waals surface area (Å²) < 4.78 is 35.7. The molecule has 0 bridgehead atoms. The Balaban J connectivity index is 1.78. The number of hydrogen-bond acceptors (Lipinski definition) is 6. The van der Waals surface area contributed by atoms with E-state index < -0.39 is 16.0 Å². The van der Waals surface area contributed by atoms with Crippen molar-refractivity contribution < 1.29 is 22.1 Å². The van der Waals surface area contributed by atoms with E-state index in [-0.39, 0.29) is 28.5 Å². The highest BCUT2D eigenvalue weighted by Crippen LogP contribution is 2.31. The molecular formula is C25H22N2O5S. The Labute approximate surface area is 193 Å². The maximum atomic E-state index is 12.6. The molecule has 1 amide bonds. The number of hydrogen-bond donors (Lipinski definition) is 1. The van der Waals surface area contributed by atoms with E-state index in [1.165, 1.54) is 43.5 Å². The van der Waals surface area contributed by atoms with Gasteiger partial charge in [0.2, 0.25) is 0 Å². The van der Waals surface area contributed by atoms with Crippen LogP contribution in [-0.2, 0) is 21.5 Å². The minimum atomic E-state index is -4.06. The average molecular weight is 463 g/mol. The number of nitriles is 1. The van der Waals surface area contributed by atoms with E-state index in [9.17, 15) is 18.5 Å². The molecule has 0 fully saturated rings. The van der Waals surface area contributed by atoms with Crippen molar-refractivity contribution >= 4 is 22.1 Å². The number of methoxy groups -OCH3 is 1. The van der Waals surface area contributed by atoms with E-state index in [1.54, 1.807) is 12.1 Å². The first kappa shape index (κ1) is 23.6. The maximum absolute atomic E-state index is 12.6. The molecule has 3 aromatic rings.